The third kappa shape index (κ3) is 2.71. The summed E-state index contributed by atoms with van der Waals surface area (Å²) in [5.74, 6) is 0. The molecule has 0 aliphatic carbocycles. The Morgan fingerprint density at radius 2 is 1.28 bits per heavy atom. The molecule has 1 atom stereocenters. The van der Waals surface area contributed by atoms with E-state index in [1.54, 1.807) is 0 Å². The molecule has 0 spiro atoms. The highest BCUT2D eigenvalue weighted by Crippen LogP contribution is 2.30. The molecule has 0 radical (unpaired) electrons. The van der Waals surface area contributed by atoms with Gasteiger partial charge in [-0.25, -0.2) is 0 Å². The van der Waals surface area contributed by atoms with E-state index in [1.807, 2.05) is 30.3 Å². The number of halogens is 3. The second-order valence-electron chi connectivity index (χ2n) is 4.08. The maximum absolute atomic E-state index is 12.4. The Labute approximate surface area is 103 Å². The molecular formula is C14H13F3N+. The number of quaternary nitrogens is 1. The summed E-state index contributed by atoms with van der Waals surface area (Å²) >= 11 is 0. The quantitative estimate of drug-likeness (QED) is 0.850. The number of benzene rings is 2. The van der Waals surface area contributed by atoms with Crippen LogP contribution in [-0.2, 0) is 6.18 Å². The molecule has 4 heteroatoms. The van der Waals surface area contributed by atoms with Crippen LogP contribution in [0.1, 0.15) is 22.7 Å². The molecule has 1 nitrogen and oxygen atoms in total. The van der Waals surface area contributed by atoms with Crippen molar-refractivity contribution in [2.75, 3.05) is 0 Å². The highest BCUT2D eigenvalue weighted by Gasteiger charge is 2.30. The molecular weight excluding hydrogens is 239 g/mol. The third-order valence-electron chi connectivity index (χ3n) is 2.84. The first kappa shape index (κ1) is 12.6. The zero-order chi connectivity index (χ0) is 13.2. The fourth-order valence-electron chi connectivity index (χ4n) is 1.78. The lowest BCUT2D eigenvalue weighted by Gasteiger charge is -2.11. The van der Waals surface area contributed by atoms with E-state index in [2.05, 4.69) is 5.73 Å². The van der Waals surface area contributed by atoms with E-state index in [0.29, 0.717) is 0 Å². The molecule has 18 heavy (non-hydrogen) atoms. The standard InChI is InChI=1S/C14H12F3N/c15-14(16,17)12-8-6-11(7-9-12)13(18)10-4-2-1-3-5-10/h1-9,13H,18H2/p+1. The number of alkyl halides is 3. The minimum atomic E-state index is -4.29. The van der Waals surface area contributed by atoms with Crippen LogP contribution in [0, 0.1) is 0 Å². The van der Waals surface area contributed by atoms with Crippen molar-refractivity contribution in [1.29, 1.82) is 0 Å². The highest BCUT2D eigenvalue weighted by molar-refractivity contribution is 5.32. The molecule has 94 valence electrons. The van der Waals surface area contributed by atoms with E-state index in [9.17, 15) is 13.2 Å². The van der Waals surface area contributed by atoms with Gasteiger partial charge in [0.05, 0.1) is 5.56 Å². The maximum atomic E-state index is 12.4. The molecule has 0 bridgehead atoms. The van der Waals surface area contributed by atoms with Crippen molar-refractivity contribution in [3.8, 4) is 0 Å². The van der Waals surface area contributed by atoms with Gasteiger partial charge in [-0.15, -0.1) is 0 Å². The molecule has 2 aromatic rings. The summed E-state index contributed by atoms with van der Waals surface area (Å²) in [7, 11) is 0. The van der Waals surface area contributed by atoms with Crippen LogP contribution in [-0.4, -0.2) is 0 Å². The normalized spacial score (nSPS) is 13.3. The van der Waals surface area contributed by atoms with Gasteiger partial charge in [0.2, 0.25) is 0 Å². The first-order chi connectivity index (χ1) is 8.48. The lowest BCUT2D eigenvalue weighted by molar-refractivity contribution is -0.411. The van der Waals surface area contributed by atoms with Crippen molar-refractivity contribution in [2.24, 2.45) is 0 Å². The summed E-state index contributed by atoms with van der Waals surface area (Å²) in [6.07, 6.45) is -4.29. The van der Waals surface area contributed by atoms with Crippen LogP contribution < -0.4 is 5.73 Å². The van der Waals surface area contributed by atoms with E-state index >= 15 is 0 Å². The average molecular weight is 252 g/mol. The van der Waals surface area contributed by atoms with E-state index in [1.165, 1.54) is 12.1 Å². The second kappa shape index (κ2) is 4.82. The SMILES string of the molecule is [NH3+]C(c1ccccc1)c1ccc(C(F)(F)F)cc1. The molecule has 2 aromatic carbocycles. The Kier molecular flexibility index (Phi) is 3.39. The summed E-state index contributed by atoms with van der Waals surface area (Å²) in [5, 5.41) is 0. The Morgan fingerprint density at radius 3 is 1.78 bits per heavy atom. The maximum Gasteiger partial charge on any atom is 0.416 e. The Balaban J connectivity index is 2.25. The Hall–Kier alpha value is -1.81. The molecule has 0 aromatic heterocycles. The zero-order valence-corrected chi connectivity index (χ0v) is 9.61. The Morgan fingerprint density at radius 1 is 0.778 bits per heavy atom. The molecule has 0 aliphatic rings. The minimum absolute atomic E-state index is 0.159. The molecule has 0 saturated heterocycles. The third-order valence-corrected chi connectivity index (χ3v) is 2.84. The topological polar surface area (TPSA) is 27.6 Å². The summed E-state index contributed by atoms with van der Waals surface area (Å²) < 4.78 is 37.3. The van der Waals surface area contributed by atoms with Gasteiger partial charge in [0, 0.05) is 11.1 Å². The average Bonchev–Trinajstić information content (AvgIpc) is 2.38. The van der Waals surface area contributed by atoms with Crippen molar-refractivity contribution in [3.63, 3.8) is 0 Å². The summed E-state index contributed by atoms with van der Waals surface area (Å²) in [6, 6.07) is 14.5. The summed E-state index contributed by atoms with van der Waals surface area (Å²) in [5.41, 5.74) is 5.11. The smallest absolute Gasteiger partial charge is 0.348 e. The summed E-state index contributed by atoms with van der Waals surface area (Å²) in [4.78, 5) is 0. The second-order valence-corrected chi connectivity index (χ2v) is 4.08. The van der Waals surface area contributed by atoms with Crippen molar-refractivity contribution >= 4 is 0 Å². The fourth-order valence-corrected chi connectivity index (χ4v) is 1.78. The van der Waals surface area contributed by atoms with Crippen molar-refractivity contribution in [2.45, 2.75) is 12.2 Å². The molecule has 0 aliphatic heterocycles. The Bertz CT molecular complexity index is 503. The van der Waals surface area contributed by atoms with Gasteiger partial charge in [-0.2, -0.15) is 13.2 Å². The van der Waals surface area contributed by atoms with Crippen molar-refractivity contribution < 1.29 is 18.9 Å². The lowest BCUT2D eigenvalue weighted by atomic mass is 9.98. The molecule has 1 unspecified atom stereocenters. The molecule has 0 amide bonds. The first-order valence-corrected chi connectivity index (χ1v) is 5.53. The van der Waals surface area contributed by atoms with Crippen LogP contribution in [0.3, 0.4) is 0 Å². The first-order valence-electron chi connectivity index (χ1n) is 5.53. The monoisotopic (exact) mass is 252 g/mol. The van der Waals surface area contributed by atoms with Crippen molar-refractivity contribution in [3.05, 3.63) is 71.3 Å². The van der Waals surface area contributed by atoms with E-state index in [-0.39, 0.29) is 6.04 Å². The van der Waals surface area contributed by atoms with Gasteiger partial charge in [0.15, 0.2) is 0 Å². The number of hydrogen-bond acceptors (Lipinski definition) is 0. The van der Waals surface area contributed by atoms with Crippen LogP contribution in [0.5, 0.6) is 0 Å². The fraction of sp³-hybridized carbons (Fsp3) is 0.143. The van der Waals surface area contributed by atoms with E-state index in [4.69, 9.17) is 0 Å². The molecule has 0 saturated carbocycles. The van der Waals surface area contributed by atoms with Crippen molar-refractivity contribution in [1.82, 2.24) is 0 Å². The summed E-state index contributed by atoms with van der Waals surface area (Å²) in [6.45, 7) is 0. The van der Waals surface area contributed by atoms with Gasteiger partial charge in [-0.05, 0) is 12.1 Å². The number of rotatable bonds is 2. The van der Waals surface area contributed by atoms with Gasteiger partial charge in [0.25, 0.3) is 0 Å². The zero-order valence-electron chi connectivity index (χ0n) is 9.61. The van der Waals surface area contributed by atoms with Gasteiger partial charge in [0.1, 0.15) is 6.04 Å². The van der Waals surface area contributed by atoms with Crippen LogP contribution in [0.2, 0.25) is 0 Å². The molecule has 3 N–H and O–H groups in total. The van der Waals surface area contributed by atoms with Gasteiger partial charge in [-0.3, -0.25) is 0 Å². The molecule has 0 heterocycles. The van der Waals surface area contributed by atoms with Crippen LogP contribution in [0.4, 0.5) is 13.2 Å². The predicted molar refractivity (Wildman–Crippen MR) is 62.6 cm³/mol. The van der Waals surface area contributed by atoms with E-state index < -0.39 is 11.7 Å². The largest absolute Gasteiger partial charge is 0.416 e. The molecule has 0 fully saturated rings. The van der Waals surface area contributed by atoms with Crippen LogP contribution >= 0.6 is 0 Å². The van der Waals surface area contributed by atoms with E-state index in [0.717, 1.165) is 23.3 Å². The van der Waals surface area contributed by atoms with Gasteiger partial charge < -0.3 is 5.73 Å². The molecule has 2 rings (SSSR count). The van der Waals surface area contributed by atoms with Crippen LogP contribution in [0.15, 0.2) is 54.6 Å². The predicted octanol–water partition coefficient (Wildman–Crippen LogP) is 3.04. The lowest BCUT2D eigenvalue weighted by Crippen LogP contribution is -2.54. The highest BCUT2D eigenvalue weighted by atomic mass is 19.4. The van der Waals surface area contributed by atoms with Gasteiger partial charge >= 0.3 is 6.18 Å². The number of hydrogen-bond donors (Lipinski definition) is 1. The van der Waals surface area contributed by atoms with Gasteiger partial charge in [-0.1, -0.05) is 42.5 Å². The van der Waals surface area contributed by atoms with Crippen LogP contribution in [0.25, 0.3) is 0 Å². The minimum Gasteiger partial charge on any atom is -0.348 e.